The predicted molar refractivity (Wildman–Crippen MR) is 157 cm³/mol. The Morgan fingerprint density at radius 3 is 2.50 bits per heavy atom. The van der Waals surface area contributed by atoms with E-state index in [0.29, 0.717) is 44.1 Å². The number of halogens is 1. The molecular weight excluding hydrogens is 572 g/mol. The maximum absolute atomic E-state index is 13.4. The van der Waals surface area contributed by atoms with Gasteiger partial charge in [0, 0.05) is 36.2 Å². The molecule has 0 aliphatic carbocycles. The number of hydrogen-bond donors (Lipinski definition) is 1. The molecule has 208 valence electrons. The van der Waals surface area contributed by atoms with E-state index in [-0.39, 0.29) is 11.3 Å². The minimum Gasteiger partial charge on any atom is -0.507 e. The van der Waals surface area contributed by atoms with Crippen molar-refractivity contribution < 1.29 is 24.2 Å². The molecule has 2 aliphatic heterocycles. The predicted octanol–water partition coefficient (Wildman–Crippen LogP) is 5.48. The normalized spacial score (nSPS) is 19.2. The van der Waals surface area contributed by atoms with Gasteiger partial charge in [-0.25, -0.2) is 0 Å². The topological polar surface area (TPSA) is 79.3 Å². The number of carbonyl (C=O) groups excluding carboxylic acids is 2. The van der Waals surface area contributed by atoms with Gasteiger partial charge >= 0.3 is 0 Å². The molecule has 2 fully saturated rings. The Balaban J connectivity index is 1.42. The maximum atomic E-state index is 13.4. The first-order valence-corrected chi connectivity index (χ1v) is 14.3. The highest BCUT2D eigenvalue weighted by Gasteiger charge is 2.45. The first-order valence-electron chi connectivity index (χ1n) is 13.5. The van der Waals surface area contributed by atoms with E-state index in [2.05, 4.69) is 20.8 Å². The quantitative estimate of drug-likeness (QED) is 0.198. The van der Waals surface area contributed by atoms with Crippen LogP contribution < -0.4 is 4.74 Å². The number of ether oxygens (including phenoxy) is 2. The Morgan fingerprint density at radius 1 is 1.00 bits per heavy atom. The molecular formula is C32H33BrN2O5. The minimum absolute atomic E-state index is 0.104. The Hall–Kier alpha value is -3.46. The van der Waals surface area contributed by atoms with Crippen LogP contribution in [0.5, 0.6) is 5.75 Å². The zero-order valence-electron chi connectivity index (χ0n) is 22.5. The van der Waals surface area contributed by atoms with E-state index >= 15 is 0 Å². The number of nitrogens with zero attached hydrogens (tertiary/aromatic N) is 2. The van der Waals surface area contributed by atoms with Crippen LogP contribution in [0.3, 0.4) is 0 Å². The lowest BCUT2D eigenvalue weighted by molar-refractivity contribution is -0.140. The van der Waals surface area contributed by atoms with Crippen molar-refractivity contribution in [3.05, 3.63) is 105 Å². The molecule has 0 bridgehead atoms. The Morgan fingerprint density at radius 2 is 1.77 bits per heavy atom. The smallest absolute Gasteiger partial charge is 0.295 e. The Bertz CT molecular complexity index is 1400. The highest BCUT2D eigenvalue weighted by Crippen LogP contribution is 2.40. The van der Waals surface area contributed by atoms with Crippen LogP contribution in [0.1, 0.15) is 34.7 Å². The van der Waals surface area contributed by atoms with Crippen LogP contribution in [0.25, 0.3) is 5.76 Å². The average molecular weight is 606 g/mol. The first kappa shape index (κ1) is 28.1. The van der Waals surface area contributed by atoms with Crippen LogP contribution >= 0.6 is 15.9 Å². The molecule has 0 aromatic heterocycles. The second kappa shape index (κ2) is 12.8. The van der Waals surface area contributed by atoms with E-state index in [9.17, 15) is 14.7 Å². The van der Waals surface area contributed by atoms with Crippen molar-refractivity contribution in [2.45, 2.75) is 26.0 Å². The number of likely N-dealkylation sites (tertiary alicyclic amines) is 1. The monoisotopic (exact) mass is 604 g/mol. The number of morpholine rings is 1. The third kappa shape index (κ3) is 6.30. The lowest BCUT2D eigenvalue weighted by Gasteiger charge is -2.29. The van der Waals surface area contributed by atoms with Gasteiger partial charge in [0.2, 0.25) is 0 Å². The third-order valence-corrected chi connectivity index (χ3v) is 7.86. The molecule has 2 aliphatic rings. The second-order valence-corrected chi connectivity index (χ2v) is 11.0. The molecule has 3 aromatic rings. The molecule has 0 spiro atoms. The van der Waals surface area contributed by atoms with Crippen molar-refractivity contribution in [2.75, 3.05) is 39.4 Å². The van der Waals surface area contributed by atoms with E-state index in [1.165, 1.54) is 0 Å². The van der Waals surface area contributed by atoms with E-state index in [0.717, 1.165) is 40.8 Å². The summed E-state index contributed by atoms with van der Waals surface area (Å²) in [6, 6.07) is 22.1. The van der Waals surface area contributed by atoms with Crippen LogP contribution in [0.4, 0.5) is 0 Å². The summed E-state index contributed by atoms with van der Waals surface area (Å²) in [5, 5.41) is 11.5. The third-order valence-electron chi connectivity index (χ3n) is 7.37. The van der Waals surface area contributed by atoms with Crippen LogP contribution in [-0.4, -0.2) is 66.0 Å². The van der Waals surface area contributed by atoms with Crippen LogP contribution in [-0.2, 0) is 20.9 Å². The van der Waals surface area contributed by atoms with Crippen molar-refractivity contribution >= 4 is 33.4 Å². The zero-order chi connectivity index (χ0) is 28.1. The summed E-state index contributed by atoms with van der Waals surface area (Å²) < 4.78 is 12.3. The van der Waals surface area contributed by atoms with Crippen LogP contribution in [0.15, 0.2) is 82.8 Å². The fourth-order valence-corrected chi connectivity index (χ4v) is 5.69. The molecule has 7 nitrogen and oxygen atoms in total. The SMILES string of the molecule is Cc1cc(/C(O)=C2\C(=O)C(=O)N(CCCN3CCOCC3)[C@H]2c2cccc(Br)c2)ccc1OCc1ccccc1. The van der Waals surface area contributed by atoms with Crippen molar-refractivity contribution in [1.82, 2.24) is 9.80 Å². The summed E-state index contributed by atoms with van der Waals surface area (Å²) in [5.41, 5.74) is 3.21. The summed E-state index contributed by atoms with van der Waals surface area (Å²) in [6.07, 6.45) is 0.712. The number of hydrogen-bond acceptors (Lipinski definition) is 6. The largest absolute Gasteiger partial charge is 0.507 e. The fourth-order valence-electron chi connectivity index (χ4n) is 5.27. The summed E-state index contributed by atoms with van der Waals surface area (Å²) in [5.74, 6) is -0.756. The summed E-state index contributed by atoms with van der Waals surface area (Å²) in [6.45, 7) is 6.66. The Kier molecular flexibility index (Phi) is 8.99. The van der Waals surface area contributed by atoms with E-state index in [1.54, 1.807) is 23.1 Å². The molecule has 8 heteroatoms. The number of rotatable bonds is 9. The van der Waals surface area contributed by atoms with Gasteiger partial charge in [0.1, 0.15) is 18.1 Å². The standard InChI is InChI=1S/C32H33BrN2O5/c1-22-19-25(11-12-27(22)40-21-23-7-3-2-4-8-23)30(36)28-29(24-9-5-10-26(33)20-24)35(32(38)31(28)37)14-6-13-34-15-17-39-18-16-34/h2-5,7-12,19-20,29,36H,6,13-18,21H2,1H3/b30-28+/t29-/m0/s1. The van der Waals surface area contributed by atoms with Gasteiger partial charge in [0.15, 0.2) is 0 Å². The van der Waals surface area contributed by atoms with Crippen molar-refractivity contribution in [1.29, 1.82) is 0 Å². The molecule has 0 radical (unpaired) electrons. The van der Waals surface area contributed by atoms with Gasteiger partial charge < -0.3 is 19.5 Å². The van der Waals surface area contributed by atoms with Gasteiger partial charge in [-0.05, 0) is 60.4 Å². The molecule has 40 heavy (non-hydrogen) atoms. The highest BCUT2D eigenvalue weighted by atomic mass is 79.9. The van der Waals surface area contributed by atoms with Gasteiger partial charge in [-0.3, -0.25) is 14.5 Å². The first-order chi connectivity index (χ1) is 19.4. The summed E-state index contributed by atoms with van der Waals surface area (Å²) in [4.78, 5) is 30.6. The lowest BCUT2D eigenvalue weighted by atomic mass is 9.94. The molecule has 2 heterocycles. The van der Waals surface area contributed by atoms with Gasteiger partial charge in [-0.15, -0.1) is 0 Å². The number of benzene rings is 3. The van der Waals surface area contributed by atoms with Gasteiger partial charge in [-0.2, -0.15) is 0 Å². The lowest BCUT2D eigenvalue weighted by Crippen LogP contribution is -2.38. The minimum atomic E-state index is -0.684. The van der Waals surface area contributed by atoms with Crippen molar-refractivity contribution in [3.8, 4) is 5.75 Å². The van der Waals surface area contributed by atoms with Crippen molar-refractivity contribution in [2.24, 2.45) is 0 Å². The number of amides is 1. The second-order valence-electron chi connectivity index (χ2n) is 10.1. The molecule has 1 amide bonds. The molecule has 1 atom stereocenters. The fraction of sp³-hybridized carbons (Fsp3) is 0.312. The van der Waals surface area contributed by atoms with E-state index < -0.39 is 17.7 Å². The van der Waals surface area contributed by atoms with Gasteiger partial charge in [-0.1, -0.05) is 58.4 Å². The molecule has 3 aromatic carbocycles. The van der Waals surface area contributed by atoms with Gasteiger partial charge in [0.05, 0.1) is 24.8 Å². The number of aryl methyl sites for hydroxylation is 1. The zero-order valence-corrected chi connectivity index (χ0v) is 24.1. The summed E-state index contributed by atoms with van der Waals surface area (Å²) in [7, 11) is 0. The van der Waals surface area contributed by atoms with E-state index in [1.807, 2.05) is 61.5 Å². The molecule has 5 rings (SSSR count). The Labute approximate surface area is 243 Å². The number of aliphatic hydroxyl groups is 1. The molecule has 1 N–H and O–H groups in total. The number of Topliss-reactive ketones (excluding diaryl/α,β-unsaturated/α-hetero) is 1. The maximum Gasteiger partial charge on any atom is 0.295 e. The van der Waals surface area contributed by atoms with Gasteiger partial charge in [0.25, 0.3) is 11.7 Å². The number of aliphatic hydroxyl groups excluding tert-OH is 1. The molecule has 0 saturated carbocycles. The number of carbonyl (C=O) groups is 2. The highest BCUT2D eigenvalue weighted by molar-refractivity contribution is 9.10. The van der Waals surface area contributed by atoms with E-state index in [4.69, 9.17) is 9.47 Å². The van der Waals surface area contributed by atoms with Crippen LogP contribution in [0, 0.1) is 6.92 Å². The number of ketones is 1. The molecule has 2 saturated heterocycles. The average Bonchev–Trinajstić information content (AvgIpc) is 3.22. The summed E-state index contributed by atoms with van der Waals surface area (Å²) >= 11 is 3.52. The van der Waals surface area contributed by atoms with Crippen molar-refractivity contribution in [3.63, 3.8) is 0 Å². The van der Waals surface area contributed by atoms with Crippen LogP contribution in [0.2, 0.25) is 0 Å². The molecule has 0 unspecified atom stereocenters.